The van der Waals surface area contributed by atoms with Crippen LogP contribution in [0.4, 0.5) is 8.78 Å². The largest absolute Gasteiger partial charge is 0.388 e. The van der Waals surface area contributed by atoms with E-state index in [1.54, 1.807) is 18.3 Å². The summed E-state index contributed by atoms with van der Waals surface area (Å²) in [6, 6.07) is 7.11. The predicted molar refractivity (Wildman–Crippen MR) is 64.0 cm³/mol. The molecule has 0 saturated carbocycles. The molecule has 0 radical (unpaired) electrons. The van der Waals surface area contributed by atoms with Gasteiger partial charge in [-0.1, -0.05) is 6.07 Å². The van der Waals surface area contributed by atoms with Crippen molar-refractivity contribution in [2.75, 3.05) is 0 Å². The van der Waals surface area contributed by atoms with Crippen molar-refractivity contribution in [3.05, 3.63) is 65.0 Å². The van der Waals surface area contributed by atoms with Crippen LogP contribution in [0.25, 0.3) is 0 Å². The highest BCUT2D eigenvalue weighted by Crippen LogP contribution is 2.19. The van der Waals surface area contributed by atoms with Crippen molar-refractivity contribution in [3.8, 4) is 0 Å². The van der Waals surface area contributed by atoms with E-state index >= 15 is 0 Å². The van der Waals surface area contributed by atoms with Crippen LogP contribution in [0, 0.1) is 18.6 Å². The van der Waals surface area contributed by atoms with Crippen molar-refractivity contribution in [2.24, 2.45) is 0 Å². The van der Waals surface area contributed by atoms with Crippen molar-refractivity contribution in [2.45, 2.75) is 19.4 Å². The number of aryl methyl sites for hydroxylation is 1. The minimum atomic E-state index is -0.898. The van der Waals surface area contributed by atoms with Gasteiger partial charge in [-0.05, 0) is 42.3 Å². The van der Waals surface area contributed by atoms with Crippen LogP contribution in [0.3, 0.4) is 0 Å². The van der Waals surface area contributed by atoms with Crippen LogP contribution < -0.4 is 0 Å². The lowest BCUT2D eigenvalue weighted by atomic mass is 10.0. The van der Waals surface area contributed by atoms with Gasteiger partial charge in [0.25, 0.3) is 0 Å². The zero-order chi connectivity index (χ0) is 13.1. The Kier molecular flexibility index (Phi) is 3.67. The van der Waals surface area contributed by atoms with Gasteiger partial charge >= 0.3 is 0 Å². The van der Waals surface area contributed by atoms with Crippen molar-refractivity contribution >= 4 is 0 Å². The van der Waals surface area contributed by atoms with Crippen LogP contribution >= 0.6 is 0 Å². The van der Waals surface area contributed by atoms with Crippen molar-refractivity contribution in [1.82, 2.24) is 4.98 Å². The van der Waals surface area contributed by atoms with Gasteiger partial charge in [-0.2, -0.15) is 0 Å². The Morgan fingerprint density at radius 2 is 1.94 bits per heavy atom. The minimum Gasteiger partial charge on any atom is -0.388 e. The van der Waals surface area contributed by atoms with E-state index in [9.17, 15) is 13.9 Å². The molecule has 1 aromatic carbocycles. The van der Waals surface area contributed by atoms with Gasteiger partial charge in [0.2, 0.25) is 0 Å². The second-order valence-electron chi connectivity index (χ2n) is 4.20. The van der Waals surface area contributed by atoms with E-state index in [2.05, 4.69) is 4.98 Å². The molecule has 1 atom stereocenters. The first-order chi connectivity index (χ1) is 8.56. The summed E-state index contributed by atoms with van der Waals surface area (Å²) >= 11 is 0. The topological polar surface area (TPSA) is 33.1 Å². The summed E-state index contributed by atoms with van der Waals surface area (Å²) < 4.78 is 25.8. The molecule has 0 bridgehead atoms. The minimum absolute atomic E-state index is 0.237. The van der Waals surface area contributed by atoms with Gasteiger partial charge in [-0.25, -0.2) is 8.78 Å². The Morgan fingerprint density at radius 3 is 2.61 bits per heavy atom. The number of hydrogen-bond acceptors (Lipinski definition) is 2. The molecule has 0 aliphatic rings. The molecule has 0 fully saturated rings. The third-order valence-electron chi connectivity index (χ3n) is 2.72. The molecule has 2 aromatic rings. The fourth-order valence-electron chi connectivity index (χ4n) is 1.78. The lowest BCUT2D eigenvalue weighted by Gasteiger charge is -2.11. The van der Waals surface area contributed by atoms with E-state index in [1.807, 2.05) is 6.92 Å². The molecule has 0 spiro atoms. The van der Waals surface area contributed by atoms with Gasteiger partial charge in [0, 0.05) is 18.3 Å². The monoisotopic (exact) mass is 249 g/mol. The lowest BCUT2D eigenvalue weighted by Crippen LogP contribution is -2.03. The Balaban J connectivity index is 2.16. The standard InChI is InChI=1S/C14H13F2NO/c1-9-6-11(4-5-17-9)14(18)8-10-2-3-12(15)13(16)7-10/h2-7,14,18H,8H2,1H3. The zero-order valence-electron chi connectivity index (χ0n) is 9.90. The summed E-state index contributed by atoms with van der Waals surface area (Å²) in [5, 5.41) is 10.0. The highest BCUT2D eigenvalue weighted by molar-refractivity contribution is 5.23. The van der Waals surface area contributed by atoms with Gasteiger partial charge in [-0.15, -0.1) is 0 Å². The van der Waals surface area contributed by atoms with E-state index < -0.39 is 17.7 Å². The molecular weight excluding hydrogens is 236 g/mol. The van der Waals surface area contributed by atoms with Gasteiger partial charge in [0.15, 0.2) is 11.6 Å². The Labute approximate surface area is 104 Å². The molecule has 4 heteroatoms. The maximum absolute atomic E-state index is 13.0. The average molecular weight is 249 g/mol. The fraction of sp³-hybridized carbons (Fsp3) is 0.214. The van der Waals surface area contributed by atoms with Gasteiger partial charge < -0.3 is 5.11 Å². The average Bonchev–Trinajstić information content (AvgIpc) is 2.34. The second kappa shape index (κ2) is 5.23. The van der Waals surface area contributed by atoms with Crippen LogP contribution in [-0.4, -0.2) is 10.1 Å². The number of halogens is 2. The van der Waals surface area contributed by atoms with Crippen LogP contribution in [0.1, 0.15) is 22.9 Å². The number of pyridine rings is 1. The molecule has 0 aliphatic carbocycles. The first kappa shape index (κ1) is 12.6. The summed E-state index contributed by atoms with van der Waals surface area (Å²) in [7, 11) is 0. The van der Waals surface area contributed by atoms with Crippen molar-refractivity contribution < 1.29 is 13.9 Å². The molecule has 2 rings (SSSR count). The highest BCUT2D eigenvalue weighted by Gasteiger charge is 2.10. The molecule has 0 aliphatic heterocycles. The van der Waals surface area contributed by atoms with Crippen molar-refractivity contribution in [1.29, 1.82) is 0 Å². The highest BCUT2D eigenvalue weighted by atomic mass is 19.2. The lowest BCUT2D eigenvalue weighted by molar-refractivity contribution is 0.178. The molecule has 94 valence electrons. The van der Waals surface area contributed by atoms with E-state index in [0.29, 0.717) is 11.1 Å². The molecule has 1 unspecified atom stereocenters. The Bertz CT molecular complexity index is 557. The maximum Gasteiger partial charge on any atom is 0.159 e. The molecule has 18 heavy (non-hydrogen) atoms. The third kappa shape index (κ3) is 2.90. The molecule has 0 saturated heterocycles. The first-order valence-electron chi connectivity index (χ1n) is 5.61. The predicted octanol–water partition coefficient (Wildman–Crippen LogP) is 2.94. The molecule has 2 nitrogen and oxygen atoms in total. The third-order valence-corrected chi connectivity index (χ3v) is 2.72. The number of hydrogen-bond donors (Lipinski definition) is 1. The first-order valence-corrected chi connectivity index (χ1v) is 5.61. The van der Waals surface area contributed by atoms with Crippen LogP contribution in [0.5, 0.6) is 0 Å². The number of rotatable bonds is 3. The summed E-state index contributed by atoms with van der Waals surface area (Å²) in [5.41, 5.74) is 2.07. The van der Waals surface area contributed by atoms with E-state index in [1.165, 1.54) is 6.07 Å². The number of aliphatic hydroxyl groups is 1. The quantitative estimate of drug-likeness (QED) is 0.907. The SMILES string of the molecule is Cc1cc(C(O)Cc2ccc(F)c(F)c2)ccn1. The van der Waals surface area contributed by atoms with E-state index in [-0.39, 0.29) is 6.42 Å². The van der Waals surface area contributed by atoms with E-state index in [4.69, 9.17) is 0 Å². The number of nitrogens with zero attached hydrogens (tertiary/aromatic N) is 1. The second-order valence-corrected chi connectivity index (χ2v) is 4.20. The Hall–Kier alpha value is -1.81. The molecule has 0 amide bonds. The molecule has 1 heterocycles. The number of benzene rings is 1. The number of aromatic nitrogens is 1. The zero-order valence-corrected chi connectivity index (χ0v) is 9.90. The fourth-order valence-corrected chi connectivity index (χ4v) is 1.78. The van der Waals surface area contributed by atoms with Crippen LogP contribution in [0.2, 0.25) is 0 Å². The van der Waals surface area contributed by atoms with E-state index in [0.717, 1.165) is 17.8 Å². The summed E-state index contributed by atoms with van der Waals surface area (Å²) in [6.07, 6.45) is 1.09. The number of aliphatic hydroxyl groups excluding tert-OH is 1. The summed E-state index contributed by atoms with van der Waals surface area (Å²) in [4.78, 5) is 4.03. The smallest absolute Gasteiger partial charge is 0.159 e. The maximum atomic E-state index is 13.0. The molecule has 1 aromatic heterocycles. The van der Waals surface area contributed by atoms with Gasteiger partial charge in [0.1, 0.15) is 0 Å². The summed E-state index contributed by atoms with van der Waals surface area (Å²) in [5.74, 6) is -1.78. The van der Waals surface area contributed by atoms with Crippen LogP contribution in [-0.2, 0) is 6.42 Å². The molecule has 1 N–H and O–H groups in total. The normalized spacial score (nSPS) is 12.4. The summed E-state index contributed by atoms with van der Waals surface area (Å²) in [6.45, 7) is 1.83. The molecular formula is C14H13F2NO. The Morgan fingerprint density at radius 1 is 1.17 bits per heavy atom. The van der Waals surface area contributed by atoms with Crippen LogP contribution in [0.15, 0.2) is 36.5 Å². The van der Waals surface area contributed by atoms with Gasteiger partial charge in [-0.3, -0.25) is 4.98 Å². The van der Waals surface area contributed by atoms with Gasteiger partial charge in [0.05, 0.1) is 6.10 Å². The van der Waals surface area contributed by atoms with Crippen molar-refractivity contribution in [3.63, 3.8) is 0 Å².